The molecule has 132 valence electrons. The molecular weight excluding hydrogens is 350 g/mol. The lowest BCUT2D eigenvalue weighted by molar-refractivity contribution is -0.140. The Balaban J connectivity index is 0. The number of sulfone groups is 1. The molecule has 0 unspecified atom stereocenters. The van der Waals surface area contributed by atoms with Crippen LogP contribution in [0.25, 0.3) is 0 Å². The molecule has 0 aromatic carbocycles. The van der Waals surface area contributed by atoms with Crippen LogP contribution in [0.2, 0.25) is 0 Å². The molecule has 0 fully saturated rings. The summed E-state index contributed by atoms with van der Waals surface area (Å²) in [5.41, 5.74) is 0. The minimum atomic E-state index is -3.55. The first kappa shape index (κ1) is 23.8. The molecule has 0 saturated heterocycles. The van der Waals surface area contributed by atoms with E-state index in [9.17, 15) is 18.0 Å². The van der Waals surface area contributed by atoms with Crippen LogP contribution < -0.4 is 5.32 Å². The first-order chi connectivity index (χ1) is 9.78. The maximum absolute atomic E-state index is 12.3. The zero-order chi connectivity index (χ0) is 16.5. The Morgan fingerprint density at radius 1 is 1.18 bits per heavy atom. The first-order valence-electron chi connectivity index (χ1n) is 7.01. The van der Waals surface area contributed by atoms with Crippen molar-refractivity contribution >= 4 is 45.9 Å². The van der Waals surface area contributed by atoms with Crippen LogP contribution in [0.3, 0.4) is 0 Å². The Morgan fingerprint density at radius 3 is 2.05 bits per heavy atom. The summed E-state index contributed by atoms with van der Waals surface area (Å²) in [5.74, 6) is -2.22. The minimum Gasteiger partial charge on any atom is -0.480 e. The fourth-order valence-corrected chi connectivity index (χ4v) is 4.56. The Labute approximate surface area is 143 Å². The number of carboxylic acid groups (broad SMARTS) is 1. The number of aliphatic carboxylic acids is 1. The number of carboxylic acids is 1. The first-order valence-corrected chi connectivity index (χ1v) is 10.1. The third-order valence-corrected chi connectivity index (χ3v) is 5.87. The Kier molecular flexibility index (Phi) is 13.0. The SMILES string of the molecule is CCCC(CCC)S(=O)(=O)C[C@H](NC(=O)CSC)C(=O)O.Cl. The van der Waals surface area contributed by atoms with Crippen LogP contribution in [0.5, 0.6) is 0 Å². The number of rotatable bonds is 11. The topological polar surface area (TPSA) is 101 Å². The quantitative estimate of drug-likeness (QED) is 0.570. The fourth-order valence-electron chi connectivity index (χ4n) is 2.06. The number of carbonyl (C=O) groups excluding carboxylic acids is 1. The van der Waals surface area contributed by atoms with Gasteiger partial charge in [-0.2, -0.15) is 11.8 Å². The molecule has 0 rings (SSSR count). The van der Waals surface area contributed by atoms with E-state index < -0.39 is 38.8 Å². The van der Waals surface area contributed by atoms with Gasteiger partial charge in [0.2, 0.25) is 5.91 Å². The number of thioether (sulfide) groups is 1. The van der Waals surface area contributed by atoms with Crippen molar-refractivity contribution in [2.24, 2.45) is 0 Å². The van der Waals surface area contributed by atoms with Crippen LogP contribution >= 0.6 is 24.2 Å². The van der Waals surface area contributed by atoms with Gasteiger partial charge in [-0.3, -0.25) is 4.79 Å². The molecule has 0 heterocycles. The lowest BCUT2D eigenvalue weighted by Gasteiger charge is -2.20. The maximum Gasteiger partial charge on any atom is 0.327 e. The molecule has 22 heavy (non-hydrogen) atoms. The average molecular weight is 376 g/mol. The molecule has 2 N–H and O–H groups in total. The fraction of sp³-hybridized carbons (Fsp3) is 0.846. The molecule has 1 amide bonds. The molecule has 0 aromatic heterocycles. The van der Waals surface area contributed by atoms with Crippen molar-refractivity contribution in [2.75, 3.05) is 17.8 Å². The number of nitrogens with one attached hydrogen (secondary N) is 1. The molecule has 0 aliphatic rings. The molecule has 6 nitrogen and oxygen atoms in total. The Morgan fingerprint density at radius 2 is 1.68 bits per heavy atom. The van der Waals surface area contributed by atoms with Gasteiger partial charge >= 0.3 is 5.97 Å². The molecule has 0 radical (unpaired) electrons. The number of halogens is 1. The highest BCUT2D eigenvalue weighted by Crippen LogP contribution is 2.16. The average Bonchev–Trinajstić information content (AvgIpc) is 2.37. The summed E-state index contributed by atoms with van der Waals surface area (Å²) < 4.78 is 24.7. The second-order valence-electron chi connectivity index (χ2n) is 4.92. The largest absolute Gasteiger partial charge is 0.480 e. The van der Waals surface area contributed by atoms with Crippen LogP contribution in [0.4, 0.5) is 0 Å². The third-order valence-electron chi connectivity index (χ3n) is 3.04. The van der Waals surface area contributed by atoms with Gasteiger partial charge in [-0.15, -0.1) is 12.4 Å². The van der Waals surface area contributed by atoms with E-state index in [2.05, 4.69) is 5.32 Å². The van der Waals surface area contributed by atoms with E-state index in [4.69, 9.17) is 5.11 Å². The predicted molar refractivity (Wildman–Crippen MR) is 92.6 cm³/mol. The lowest BCUT2D eigenvalue weighted by Crippen LogP contribution is -2.47. The van der Waals surface area contributed by atoms with E-state index in [1.165, 1.54) is 11.8 Å². The second kappa shape index (κ2) is 12.0. The summed E-state index contributed by atoms with van der Waals surface area (Å²) in [4.78, 5) is 22.6. The van der Waals surface area contributed by atoms with Gasteiger partial charge in [0, 0.05) is 0 Å². The maximum atomic E-state index is 12.3. The summed E-state index contributed by atoms with van der Waals surface area (Å²) >= 11 is 1.25. The van der Waals surface area contributed by atoms with E-state index in [-0.39, 0.29) is 18.2 Å². The second-order valence-corrected chi connectivity index (χ2v) is 8.11. The van der Waals surface area contributed by atoms with Crippen molar-refractivity contribution in [1.29, 1.82) is 0 Å². The van der Waals surface area contributed by atoms with Crippen molar-refractivity contribution in [3.05, 3.63) is 0 Å². The highest BCUT2D eigenvalue weighted by Gasteiger charge is 2.31. The van der Waals surface area contributed by atoms with Gasteiger partial charge in [0.15, 0.2) is 9.84 Å². The van der Waals surface area contributed by atoms with Gasteiger partial charge in [-0.05, 0) is 19.1 Å². The Hall–Kier alpha value is -0.470. The molecule has 9 heteroatoms. The van der Waals surface area contributed by atoms with Crippen molar-refractivity contribution in [3.8, 4) is 0 Å². The summed E-state index contributed by atoms with van der Waals surface area (Å²) in [6.07, 6.45) is 4.19. The molecule has 0 aliphatic carbocycles. The van der Waals surface area contributed by atoms with Crippen molar-refractivity contribution in [3.63, 3.8) is 0 Å². The summed E-state index contributed by atoms with van der Waals surface area (Å²) in [6.45, 7) is 3.79. The molecule has 0 aliphatic heterocycles. The van der Waals surface area contributed by atoms with Crippen LogP contribution in [0.1, 0.15) is 39.5 Å². The number of amides is 1. The summed E-state index contributed by atoms with van der Waals surface area (Å²) in [7, 11) is -3.55. The number of hydrogen-bond donors (Lipinski definition) is 2. The highest BCUT2D eigenvalue weighted by molar-refractivity contribution is 7.99. The van der Waals surface area contributed by atoms with E-state index in [1.54, 1.807) is 6.26 Å². The van der Waals surface area contributed by atoms with Crippen molar-refractivity contribution in [1.82, 2.24) is 5.32 Å². The number of hydrogen-bond acceptors (Lipinski definition) is 5. The lowest BCUT2D eigenvalue weighted by atomic mass is 10.2. The predicted octanol–water partition coefficient (Wildman–Crippen LogP) is 1.72. The molecule has 0 bridgehead atoms. The van der Waals surface area contributed by atoms with Gasteiger partial charge in [-0.25, -0.2) is 13.2 Å². The van der Waals surface area contributed by atoms with Crippen LogP contribution in [-0.4, -0.2) is 54.5 Å². The van der Waals surface area contributed by atoms with E-state index in [0.29, 0.717) is 12.8 Å². The highest BCUT2D eigenvalue weighted by atomic mass is 35.5. The standard InChI is InChI=1S/C13H25NO5S2.ClH/c1-4-6-10(7-5-2)21(18,19)9-11(13(16)17)14-12(15)8-20-3;/h10-11H,4-9H2,1-3H3,(H,14,15)(H,16,17);1H/t11-;/m0./s1. The van der Waals surface area contributed by atoms with E-state index in [1.807, 2.05) is 13.8 Å². The summed E-state index contributed by atoms with van der Waals surface area (Å²) in [5, 5.41) is 10.8. The van der Waals surface area contributed by atoms with Gasteiger partial charge in [0.1, 0.15) is 6.04 Å². The van der Waals surface area contributed by atoms with Crippen LogP contribution in [0.15, 0.2) is 0 Å². The Bertz CT molecular complexity index is 436. The molecule has 1 atom stereocenters. The molecule has 0 aromatic rings. The third kappa shape index (κ3) is 8.85. The van der Waals surface area contributed by atoms with E-state index >= 15 is 0 Å². The zero-order valence-electron chi connectivity index (χ0n) is 13.2. The van der Waals surface area contributed by atoms with Gasteiger partial charge in [0.05, 0.1) is 16.8 Å². The number of carbonyl (C=O) groups is 2. The summed E-state index contributed by atoms with van der Waals surface area (Å²) in [6, 6.07) is -1.38. The monoisotopic (exact) mass is 375 g/mol. The van der Waals surface area contributed by atoms with E-state index in [0.717, 1.165) is 12.8 Å². The van der Waals surface area contributed by atoms with Crippen LogP contribution in [0, 0.1) is 0 Å². The van der Waals surface area contributed by atoms with Crippen molar-refractivity contribution < 1.29 is 23.1 Å². The smallest absolute Gasteiger partial charge is 0.327 e. The van der Waals surface area contributed by atoms with Crippen molar-refractivity contribution in [2.45, 2.75) is 50.8 Å². The van der Waals surface area contributed by atoms with Gasteiger partial charge in [0.25, 0.3) is 0 Å². The van der Waals surface area contributed by atoms with Gasteiger partial charge in [-0.1, -0.05) is 26.7 Å². The van der Waals surface area contributed by atoms with Crippen LogP contribution in [-0.2, 0) is 19.4 Å². The normalized spacial score (nSPS) is 12.5. The minimum absolute atomic E-state index is 0. The molecule has 0 saturated carbocycles. The molecular formula is C13H26ClNO5S2. The van der Waals surface area contributed by atoms with Gasteiger partial charge < -0.3 is 10.4 Å². The molecule has 0 spiro atoms. The zero-order valence-corrected chi connectivity index (χ0v) is 15.7.